The molecule has 1 saturated carbocycles. The largest absolute Gasteiger partial charge is 0.441 e. The van der Waals surface area contributed by atoms with Crippen molar-refractivity contribution >= 4 is 16.6 Å². The number of anilines is 1. The minimum atomic E-state index is 0.333. The van der Waals surface area contributed by atoms with Crippen LogP contribution in [0.4, 0.5) is 5.82 Å². The maximum atomic E-state index is 9.26. The molecule has 2 aromatic heterocycles. The Morgan fingerprint density at radius 2 is 1.85 bits per heavy atom. The van der Waals surface area contributed by atoms with Gasteiger partial charge in [0, 0.05) is 37.2 Å². The van der Waals surface area contributed by atoms with Crippen molar-refractivity contribution in [3.63, 3.8) is 0 Å². The minimum absolute atomic E-state index is 0.333. The summed E-state index contributed by atoms with van der Waals surface area (Å²) in [7, 11) is 0. The van der Waals surface area contributed by atoms with Gasteiger partial charge < -0.3 is 14.8 Å². The number of fused-ring (bicyclic) bond motifs is 1. The second-order valence-corrected chi connectivity index (χ2v) is 7.33. The molecule has 1 aromatic carbocycles. The molecular weight excluding hydrogens is 326 g/mol. The Kier molecular flexibility index (Phi) is 4.89. The van der Waals surface area contributed by atoms with Crippen LogP contribution in [0.5, 0.6) is 0 Å². The topological polar surface area (TPSA) is 71.2 Å². The SMILES string of the molecule is Cc1ncc(-c2ccc3cnc(NCC4CCC(CO)CC4)cc3c2)o1. The third-order valence-electron chi connectivity index (χ3n) is 5.42. The fraction of sp³-hybridized carbons (Fsp3) is 0.429. The maximum Gasteiger partial charge on any atom is 0.191 e. The lowest BCUT2D eigenvalue weighted by Gasteiger charge is -2.27. The van der Waals surface area contributed by atoms with Gasteiger partial charge in [0.25, 0.3) is 0 Å². The van der Waals surface area contributed by atoms with E-state index in [4.69, 9.17) is 4.42 Å². The Hall–Kier alpha value is -2.40. The van der Waals surface area contributed by atoms with Crippen molar-refractivity contribution in [3.05, 3.63) is 42.5 Å². The Bertz CT molecular complexity index is 882. The van der Waals surface area contributed by atoms with Crippen LogP contribution < -0.4 is 5.32 Å². The molecule has 1 fully saturated rings. The number of hydrogen-bond acceptors (Lipinski definition) is 5. The average Bonchev–Trinajstić information content (AvgIpc) is 3.12. The van der Waals surface area contributed by atoms with Gasteiger partial charge in [-0.3, -0.25) is 0 Å². The highest BCUT2D eigenvalue weighted by molar-refractivity contribution is 5.87. The highest BCUT2D eigenvalue weighted by Gasteiger charge is 2.20. The van der Waals surface area contributed by atoms with Gasteiger partial charge in [0.05, 0.1) is 6.20 Å². The second kappa shape index (κ2) is 7.46. The van der Waals surface area contributed by atoms with E-state index in [1.807, 2.05) is 19.2 Å². The van der Waals surface area contributed by atoms with Crippen molar-refractivity contribution in [2.45, 2.75) is 32.6 Å². The summed E-state index contributed by atoms with van der Waals surface area (Å²) in [5.74, 6) is 3.54. The second-order valence-electron chi connectivity index (χ2n) is 7.33. The van der Waals surface area contributed by atoms with Gasteiger partial charge in [-0.1, -0.05) is 12.1 Å². The molecule has 1 aliphatic carbocycles. The molecule has 0 amide bonds. The first-order valence-corrected chi connectivity index (χ1v) is 9.38. The Labute approximate surface area is 153 Å². The number of aliphatic hydroxyl groups is 1. The van der Waals surface area contributed by atoms with Crippen LogP contribution in [-0.2, 0) is 0 Å². The number of aliphatic hydroxyl groups excluding tert-OH is 1. The number of hydrogen-bond donors (Lipinski definition) is 2. The number of rotatable bonds is 5. The van der Waals surface area contributed by atoms with Gasteiger partial charge in [0.1, 0.15) is 5.82 Å². The van der Waals surface area contributed by atoms with Gasteiger partial charge in [0.15, 0.2) is 11.7 Å². The molecule has 0 aliphatic heterocycles. The van der Waals surface area contributed by atoms with E-state index in [2.05, 4.69) is 33.5 Å². The first kappa shape index (κ1) is 17.0. The molecule has 0 bridgehead atoms. The number of benzene rings is 1. The van der Waals surface area contributed by atoms with Crippen LogP contribution >= 0.6 is 0 Å². The predicted octanol–water partition coefficient (Wildman–Crippen LogP) is 4.41. The van der Waals surface area contributed by atoms with E-state index in [-0.39, 0.29) is 0 Å². The van der Waals surface area contributed by atoms with Crippen molar-refractivity contribution in [1.82, 2.24) is 9.97 Å². The molecule has 5 heteroatoms. The quantitative estimate of drug-likeness (QED) is 0.712. The van der Waals surface area contributed by atoms with E-state index in [0.717, 1.165) is 47.3 Å². The zero-order chi connectivity index (χ0) is 17.9. The van der Waals surface area contributed by atoms with Crippen molar-refractivity contribution in [1.29, 1.82) is 0 Å². The molecule has 0 spiro atoms. The molecule has 4 rings (SSSR count). The monoisotopic (exact) mass is 351 g/mol. The summed E-state index contributed by atoms with van der Waals surface area (Å²) in [6.07, 6.45) is 8.30. The van der Waals surface area contributed by atoms with Crippen LogP contribution in [-0.4, -0.2) is 28.2 Å². The molecule has 0 saturated heterocycles. The summed E-state index contributed by atoms with van der Waals surface area (Å²) in [6, 6.07) is 8.32. The number of nitrogens with zero attached hydrogens (tertiary/aromatic N) is 2. The van der Waals surface area contributed by atoms with Crippen molar-refractivity contribution in [2.75, 3.05) is 18.5 Å². The standard InChI is InChI=1S/C21H25N3O2/c1-14-22-12-20(26-14)17-6-7-18-11-24-21(9-19(18)8-17)23-10-15-2-4-16(13-25)5-3-15/h6-9,11-12,15-16,25H,2-5,10,13H2,1H3,(H,23,24). The smallest absolute Gasteiger partial charge is 0.191 e. The highest BCUT2D eigenvalue weighted by Crippen LogP contribution is 2.29. The molecule has 0 unspecified atom stereocenters. The number of pyridine rings is 1. The fourth-order valence-corrected chi connectivity index (χ4v) is 3.75. The number of oxazole rings is 1. The van der Waals surface area contributed by atoms with Crippen LogP contribution in [0.15, 0.2) is 41.1 Å². The van der Waals surface area contributed by atoms with E-state index in [9.17, 15) is 5.11 Å². The minimum Gasteiger partial charge on any atom is -0.441 e. The van der Waals surface area contributed by atoms with Crippen LogP contribution in [0.1, 0.15) is 31.6 Å². The highest BCUT2D eigenvalue weighted by atomic mass is 16.4. The van der Waals surface area contributed by atoms with Crippen LogP contribution in [0.25, 0.3) is 22.1 Å². The summed E-state index contributed by atoms with van der Waals surface area (Å²) in [6.45, 7) is 3.13. The van der Waals surface area contributed by atoms with Crippen LogP contribution in [0.2, 0.25) is 0 Å². The Balaban J connectivity index is 1.46. The summed E-state index contributed by atoms with van der Waals surface area (Å²) in [5, 5.41) is 15.0. The summed E-state index contributed by atoms with van der Waals surface area (Å²) < 4.78 is 5.63. The van der Waals surface area contributed by atoms with E-state index in [1.54, 1.807) is 6.20 Å². The molecule has 136 valence electrons. The van der Waals surface area contributed by atoms with Gasteiger partial charge in [-0.2, -0.15) is 0 Å². The first-order valence-electron chi connectivity index (χ1n) is 9.38. The summed E-state index contributed by atoms with van der Waals surface area (Å²) >= 11 is 0. The first-order chi connectivity index (χ1) is 12.7. The van der Waals surface area contributed by atoms with Crippen LogP contribution in [0.3, 0.4) is 0 Å². The predicted molar refractivity (Wildman–Crippen MR) is 103 cm³/mol. The Morgan fingerprint density at radius 3 is 2.58 bits per heavy atom. The molecular formula is C21H25N3O2. The van der Waals surface area contributed by atoms with Crippen molar-refractivity contribution in [2.24, 2.45) is 11.8 Å². The van der Waals surface area contributed by atoms with E-state index < -0.39 is 0 Å². The third kappa shape index (κ3) is 3.73. The zero-order valence-corrected chi connectivity index (χ0v) is 15.1. The lowest BCUT2D eigenvalue weighted by atomic mass is 9.82. The number of nitrogens with one attached hydrogen (secondary N) is 1. The summed E-state index contributed by atoms with van der Waals surface area (Å²) in [5.41, 5.74) is 1.03. The molecule has 26 heavy (non-hydrogen) atoms. The zero-order valence-electron chi connectivity index (χ0n) is 15.1. The lowest BCUT2D eigenvalue weighted by Crippen LogP contribution is -2.22. The molecule has 2 N–H and O–H groups in total. The molecule has 2 heterocycles. The van der Waals surface area contributed by atoms with Gasteiger partial charge in [-0.25, -0.2) is 9.97 Å². The lowest BCUT2D eigenvalue weighted by molar-refractivity contribution is 0.170. The van der Waals surface area contributed by atoms with Gasteiger partial charge in [-0.05, 0) is 55.0 Å². The number of aryl methyl sites for hydroxylation is 1. The van der Waals surface area contributed by atoms with Crippen molar-refractivity contribution < 1.29 is 9.52 Å². The number of aromatic nitrogens is 2. The van der Waals surface area contributed by atoms with Gasteiger partial charge in [0.2, 0.25) is 0 Å². The third-order valence-corrected chi connectivity index (χ3v) is 5.42. The molecule has 5 nitrogen and oxygen atoms in total. The van der Waals surface area contributed by atoms with Gasteiger partial charge >= 0.3 is 0 Å². The molecule has 3 aromatic rings. The van der Waals surface area contributed by atoms with Gasteiger partial charge in [-0.15, -0.1) is 0 Å². The maximum absolute atomic E-state index is 9.26. The van der Waals surface area contributed by atoms with Crippen LogP contribution in [0, 0.1) is 18.8 Å². The molecule has 0 atom stereocenters. The summed E-state index contributed by atoms with van der Waals surface area (Å²) in [4.78, 5) is 8.72. The fourth-order valence-electron chi connectivity index (χ4n) is 3.75. The average molecular weight is 351 g/mol. The van der Waals surface area contributed by atoms with E-state index in [1.165, 1.54) is 12.8 Å². The van der Waals surface area contributed by atoms with E-state index in [0.29, 0.717) is 24.3 Å². The van der Waals surface area contributed by atoms with E-state index >= 15 is 0 Å². The van der Waals surface area contributed by atoms with Crippen molar-refractivity contribution in [3.8, 4) is 11.3 Å². The molecule has 1 aliphatic rings. The Morgan fingerprint density at radius 1 is 1.04 bits per heavy atom. The normalized spacial score (nSPS) is 20.4. The molecule has 0 radical (unpaired) electrons.